The van der Waals surface area contributed by atoms with Gasteiger partial charge in [0.2, 0.25) is 0 Å². The molecule has 0 bridgehead atoms. The molecular weight excluding hydrogens is 281 g/mol. The van der Waals surface area contributed by atoms with E-state index < -0.39 is 5.92 Å². The highest BCUT2D eigenvalue weighted by molar-refractivity contribution is 5.78. The highest BCUT2D eigenvalue weighted by atomic mass is 19.1. The molecule has 3 nitrogen and oxygen atoms in total. The molecule has 112 valence electrons. The summed E-state index contributed by atoms with van der Waals surface area (Å²) in [6.45, 7) is 2.07. The maximum atomic E-state index is 12.8. The van der Waals surface area contributed by atoms with Crippen molar-refractivity contribution in [2.75, 3.05) is 6.61 Å². The first kappa shape index (κ1) is 15.7. The Kier molecular flexibility index (Phi) is 5.67. The third-order valence-corrected chi connectivity index (χ3v) is 3.00. The molecule has 0 radical (unpaired) electrons. The topological polar surface area (TPSA) is 39.2 Å². The molecule has 0 aliphatic carbocycles. The Morgan fingerprint density at radius 3 is 2.68 bits per heavy atom. The van der Waals surface area contributed by atoms with Gasteiger partial charge < -0.3 is 4.74 Å². The predicted octanol–water partition coefficient (Wildman–Crippen LogP) is 3.31. The van der Waals surface area contributed by atoms with E-state index in [1.165, 1.54) is 12.1 Å². The van der Waals surface area contributed by atoms with Gasteiger partial charge in [-0.1, -0.05) is 17.9 Å². The summed E-state index contributed by atoms with van der Waals surface area (Å²) < 4.78 is 17.9. The zero-order valence-electron chi connectivity index (χ0n) is 12.3. The van der Waals surface area contributed by atoms with E-state index in [9.17, 15) is 9.18 Å². The first-order valence-electron chi connectivity index (χ1n) is 7.02. The van der Waals surface area contributed by atoms with Crippen LogP contribution in [0.2, 0.25) is 0 Å². The zero-order valence-corrected chi connectivity index (χ0v) is 12.3. The van der Waals surface area contributed by atoms with Crippen molar-refractivity contribution in [3.05, 3.63) is 65.7 Å². The highest BCUT2D eigenvalue weighted by Gasteiger charge is 2.22. The molecule has 1 heterocycles. The van der Waals surface area contributed by atoms with Crippen LogP contribution in [-0.4, -0.2) is 17.6 Å². The van der Waals surface area contributed by atoms with E-state index in [1.807, 2.05) is 6.07 Å². The monoisotopic (exact) mass is 297 g/mol. The Morgan fingerprint density at radius 2 is 2.05 bits per heavy atom. The van der Waals surface area contributed by atoms with Crippen LogP contribution in [0.5, 0.6) is 0 Å². The van der Waals surface area contributed by atoms with Crippen molar-refractivity contribution in [3.8, 4) is 11.8 Å². The van der Waals surface area contributed by atoms with Gasteiger partial charge in [-0.2, -0.15) is 0 Å². The second kappa shape index (κ2) is 7.94. The van der Waals surface area contributed by atoms with Gasteiger partial charge in [0.05, 0.1) is 12.3 Å². The SMILES string of the molecule is CCOC(=O)C(CC#Cc1ccc(F)cc1)c1ccccn1. The molecule has 0 saturated carbocycles. The molecule has 0 amide bonds. The lowest BCUT2D eigenvalue weighted by atomic mass is 10.0. The number of pyridine rings is 1. The summed E-state index contributed by atoms with van der Waals surface area (Å²) in [4.78, 5) is 16.3. The van der Waals surface area contributed by atoms with E-state index >= 15 is 0 Å². The number of hydrogen-bond donors (Lipinski definition) is 0. The fourth-order valence-electron chi connectivity index (χ4n) is 1.92. The van der Waals surface area contributed by atoms with E-state index in [2.05, 4.69) is 16.8 Å². The minimum absolute atomic E-state index is 0.299. The minimum Gasteiger partial charge on any atom is -0.465 e. The average Bonchev–Trinajstić information content (AvgIpc) is 2.54. The number of hydrogen-bond acceptors (Lipinski definition) is 3. The fourth-order valence-corrected chi connectivity index (χ4v) is 1.92. The van der Waals surface area contributed by atoms with Crippen molar-refractivity contribution in [2.45, 2.75) is 19.3 Å². The molecule has 1 aromatic carbocycles. The summed E-state index contributed by atoms with van der Waals surface area (Å²) in [7, 11) is 0. The Morgan fingerprint density at radius 1 is 1.27 bits per heavy atom. The van der Waals surface area contributed by atoms with Crippen LogP contribution in [0.4, 0.5) is 4.39 Å². The van der Waals surface area contributed by atoms with Gasteiger partial charge in [-0.25, -0.2) is 4.39 Å². The number of nitrogens with zero attached hydrogens (tertiary/aromatic N) is 1. The molecule has 0 fully saturated rings. The number of ether oxygens (including phenoxy) is 1. The third kappa shape index (κ3) is 4.42. The molecular formula is C18H16FNO2. The van der Waals surface area contributed by atoms with Crippen molar-refractivity contribution in [2.24, 2.45) is 0 Å². The lowest BCUT2D eigenvalue weighted by Gasteiger charge is -2.12. The Labute approximate surface area is 129 Å². The van der Waals surface area contributed by atoms with Gasteiger partial charge in [0.1, 0.15) is 11.7 Å². The van der Waals surface area contributed by atoms with Crippen LogP contribution < -0.4 is 0 Å². The van der Waals surface area contributed by atoms with Crippen LogP contribution in [0.25, 0.3) is 0 Å². The van der Waals surface area contributed by atoms with Crippen LogP contribution in [0, 0.1) is 17.7 Å². The lowest BCUT2D eigenvalue weighted by molar-refractivity contribution is -0.144. The van der Waals surface area contributed by atoms with Gasteiger partial charge in [0, 0.05) is 18.2 Å². The largest absolute Gasteiger partial charge is 0.465 e. The van der Waals surface area contributed by atoms with Gasteiger partial charge >= 0.3 is 5.97 Å². The molecule has 2 aromatic rings. The van der Waals surface area contributed by atoms with Crippen LogP contribution in [0.15, 0.2) is 48.7 Å². The first-order valence-corrected chi connectivity index (χ1v) is 7.02. The van der Waals surface area contributed by atoms with Crippen molar-refractivity contribution < 1.29 is 13.9 Å². The maximum absolute atomic E-state index is 12.8. The third-order valence-electron chi connectivity index (χ3n) is 3.00. The summed E-state index contributed by atoms with van der Waals surface area (Å²) >= 11 is 0. The fraction of sp³-hybridized carbons (Fsp3) is 0.222. The molecule has 0 saturated heterocycles. The Bertz CT molecular complexity index is 672. The van der Waals surface area contributed by atoms with E-state index in [1.54, 1.807) is 37.4 Å². The quantitative estimate of drug-likeness (QED) is 0.642. The zero-order chi connectivity index (χ0) is 15.8. The molecule has 0 aliphatic rings. The summed E-state index contributed by atoms with van der Waals surface area (Å²) in [5, 5.41) is 0. The second-order valence-corrected chi connectivity index (χ2v) is 4.57. The molecule has 0 spiro atoms. The van der Waals surface area contributed by atoms with E-state index in [0.717, 1.165) is 0 Å². The van der Waals surface area contributed by atoms with Crippen LogP contribution in [-0.2, 0) is 9.53 Å². The van der Waals surface area contributed by atoms with E-state index in [4.69, 9.17) is 4.74 Å². The number of rotatable bonds is 4. The van der Waals surface area contributed by atoms with Gasteiger partial charge in [-0.15, -0.1) is 0 Å². The molecule has 22 heavy (non-hydrogen) atoms. The van der Waals surface area contributed by atoms with Gasteiger partial charge in [-0.05, 0) is 43.3 Å². The molecule has 1 aromatic heterocycles. The first-order chi connectivity index (χ1) is 10.7. The van der Waals surface area contributed by atoms with Crippen molar-refractivity contribution in [1.29, 1.82) is 0 Å². The molecule has 4 heteroatoms. The number of carbonyl (C=O) groups excluding carboxylic acids is 1. The van der Waals surface area contributed by atoms with E-state index in [-0.39, 0.29) is 11.8 Å². The smallest absolute Gasteiger partial charge is 0.315 e. The van der Waals surface area contributed by atoms with Crippen molar-refractivity contribution >= 4 is 5.97 Å². The van der Waals surface area contributed by atoms with E-state index in [0.29, 0.717) is 24.3 Å². The van der Waals surface area contributed by atoms with Gasteiger partial charge in [0.25, 0.3) is 0 Å². The highest BCUT2D eigenvalue weighted by Crippen LogP contribution is 2.18. The van der Waals surface area contributed by atoms with Gasteiger partial charge in [0.15, 0.2) is 0 Å². The lowest BCUT2D eigenvalue weighted by Crippen LogP contribution is -2.16. The predicted molar refractivity (Wildman–Crippen MR) is 81.5 cm³/mol. The van der Waals surface area contributed by atoms with Crippen LogP contribution in [0.1, 0.15) is 30.5 Å². The molecule has 2 rings (SSSR count). The second-order valence-electron chi connectivity index (χ2n) is 4.57. The van der Waals surface area contributed by atoms with Crippen LogP contribution >= 0.6 is 0 Å². The summed E-state index contributed by atoms with van der Waals surface area (Å²) in [6.07, 6.45) is 1.93. The molecule has 1 atom stereocenters. The van der Waals surface area contributed by atoms with Crippen molar-refractivity contribution in [1.82, 2.24) is 4.98 Å². The van der Waals surface area contributed by atoms with Crippen molar-refractivity contribution in [3.63, 3.8) is 0 Å². The summed E-state index contributed by atoms with van der Waals surface area (Å²) in [5.41, 5.74) is 1.33. The normalized spacial score (nSPS) is 11.2. The Balaban J connectivity index is 2.14. The number of aromatic nitrogens is 1. The number of esters is 1. The minimum atomic E-state index is -0.519. The number of carbonyl (C=O) groups is 1. The molecule has 0 N–H and O–H groups in total. The maximum Gasteiger partial charge on any atom is 0.315 e. The number of halogens is 1. The van der Waals surface area contributed by atoms with Crippen LogP contribution in [0.3, 0.4) is 0 Å². The standard InChI is InChI=1S/C18H16FNO2/c1-2-22-18(21)16(17-8-3-4-13-20-17)7-5-6-14-9-11-15(19)12-10-14/h3-4,8-13,16H,2,7H2,1H3. The average molecular weight is 297 g/mol. The molecule has 1 unspecified atom stereocenters. The number of benzene rings is 1. The summed E-state index contributed by atoms with van der Waals surface area (Å²) in [5.74, 6) is 4.70. The molecule has 0 aliphatic heterocycles. The Hall–Kier alpha value is -2.67. The van der Waals surface area contributed by atoms with Gasteiger partial charge in [-0.3, -0.25) is 9.78 Å². The summed E-state index contributed by atoms with van der Waals surface area (Å²) in [6, 6.07) is 11.3.